The number of hydrogen-bond donors (Lipinski definition) is 0. The number of aromatic nitrogens is 2. The lowest BCUT2D eigenvalue weighted by Crippen LogP contribution is -2.16. The molecule has 0 saturated heterocycles. The van der Waals surface area contributed by atoms with Crippen molar-refractivity contribution in [2.24, 2.45) is 0 Å². The Hall–Kier alpha value is -0.270. The van der Waals surface area contributed by atoms with Crippen molar-refractivity contribution in [3.05, 3.63) is 16.2 Å². The lowest BCUT2D eigenvalue weighted by atomic mass is 10.6. The van der Waals surface area contributed by atoms with Crippen LogP contribution in [0, 0.1) is 3.70 Å². The third-order valence-corrected chi connectivity index (χ3v) is 1.52. The van der Waals surface area contributed by atoms with Gasteiger partial charge in [-0.15, -0.1) is 0 Å². The molecule has 1 aromatic rings. The second-order valence-corrected chi connectivity index (χ2v) is 3.09. The second kappa shape index (κ2) is 3.00. The van der Waals surface area contributed by atoms with Gasteiger partial charge in [0.2, 0.25) is 0 Å². The molecule has 62 valence electrons. The topological polar surface area (TPSA) is 17.8 Å². The van der Waals surface area contributed by atoms with Crippen LogP contribution in [-0.4, -0.2) is 15.7 Å². The summed E-state index contributed by atoms with van der Waals surface area (Å²) < 4.78 is 36.7. The minimum Gasteiger partial charge on any atom is -0.327 e. The van der Waals surface area contributed by atoms with Crippen LogP contribution >= 0.6 is 22.6 Å². The number of rotatable bonds is 1. The molecule has 0 aliphatic rings. The molecule has 0 aromatic carbocycles. The predicted octanol–water partition coefficient (Wildman–Crippen LogP) is 2.05. The highest BCUT2D eigenvalue weighted by Gasteiger charge is 2.27. The zero-order valence-electron chi connectivity index (χ0n) is 5.27. The molecule has 0 aliphatic carbocycles. The summed E-state index contributed by atoms with van der Waals surface area (Å²) in [6, 6.07) is 0. The summed E-state index contributed by atoms with van der Waals surface area (Å²) >= 11 is 1.85. The van der Waals surface area contributed by atoms with Crippen LogP contribution in [0.5, 0.6) is 0 Å². The first-order valence-corrected chi connectivity index (χ1v) is 3.79. The highest BCUT2D eigenvalue weighted by Crippen LogP contribution is 2.17. The van der Waals surface area contributed by atoms with Crippen LogP contribution in [0.4, 0.5) is 13.2 Å². The molecule has 1 aromatic heterocycles. The van der Waals surface area contributed by atoms with Gasteiger partial charge in [-0.2, -0.15) is 13.2 Å². The average molecular weight is 276 g/mol. The molecular weight excluding hydrogens is 272 g/mol. The fourth-order valence-electron chi connectivity index (χ4n) is 0.626. The largest absolute Gasteiger partial charge is 0.406 e. The molecule has 0 fully saturated rings. The van der Waals surface area contributed by atoms with Crippen LogP contribution in [0.25, 0.3) is 0 Å². The van der Waals surface area contributed by atoms with E-state index in [1.54, 1.807) is 0 Å². The van der Waals surface area contributed by atoms with Gasteiger partial charge in [0.25, 0.3) is 0 Å². The lowest BCUT2D eigenvalue weighted by molar-refractivity contribution is -0.140. The smallest absolute Gasteiger partial charge is 0.327 e. The zero-order valence-corrected chi connectivity index (χ0v) is 7.43. The van der Waals surface area contributed by atoms with Gasteiger partial charge in [-0.25, -0.2) is 4.98 Å². The normalized spacial score (nSPS) is 12.0. The molecule has 2 nitrogen and oxygen atoms in total. The minimum absolute atomic E-state index is 0.562. The Bertz CT molecular complexity index is 242. The van der Waals surface area contributed by atoms with Gasteiger partial charge in [0.05, 0.1) is 6.33 Å². The van der Waals surface area contributed by atoms with Gasteiger partial charge < -0.3 is 4.57 Å². The van der Waals surface area contributed by atoms with Crippen molar-refractivity contribution >= 4 is 22.6 Å². The van der Waals surface area contributed by atoms with Gasteiger partial charge in [-0.05, 0) is 22.6 Å². The monoisotopic (exact) mass is 276 g/mol. The fraction of sp³-hybridized carbons (Fsp3) is 0.400. The molecule has 0 spiro atoms. The van der Waals surface area contributed by atoms with Crippen molar-refractivity contribution in [1.82, 2.24) is 9.55 Å². The first-order chi connectivity index (χ1) is 4.97. The Morgan fingerprint density at radius 1 is 1.55 bits per heavy atom. The van der Waals surface area contributed by atoms with Crippen LogP contribution in [0.15, 0.2) is 12.5 Å². The van der Waals surface area contributed by atoms with E-state index in [4.69, 9.17) is 0 Å². The summed E-state index contributed by atoms with van der Waals surface area (Å²) in [7, 11) is 0. The van der Waals surface area contributed by atoms with E-state index in [1.165, 1.54) is 6.20 Å². The third kappa shape index (κ3) is 3.08. The van der Waals surface area contributed by atoms with E-state index < -0.39 is 12.7 Å². The summed E-state index contributed by atoms with van der Waals surface area (Å²) in [6.07, 6.45) is -1.66. The van der Waals surface area contributed by atoms with Crippen LogP contribution in [-0.2, 0) is 6.54 Å². The third-order valence-electron chi connectivity index (χ3n) is 0.964. The number of imidazole rings is 1. The van der Waals surface area contributed by atoms with Gasteiger partial charge in [0.1, 0.15) is 10.2 Å². The van der Waals surface area contributed by atoms with Crippen LogP contribution in [0.3, 0.4) is 0 Å². The van der Waals surface area contributed by atoms with Crippen LogP contribution in [0.2, 0.25) is 0 Å². The van der Waals surface area contributed by atoms with Crippen molar-refractivity contribution < 1.29 is 13.2 Å². The van der Waals surface area contributed by atoms with E-state index in [0.29, 0.717) is 3.70 Å². The predicted molar refractivity (Wildman–Crippen MR) is 41.0 cm³/mol. The quantitative estimate of drug-likeness (QED) is 0.718. The molecule has 1 heterocycles. The van der Waals surface area contributed by atoms with Gasteiger partial charge in [-0.3, -0.25) is 0 Å². The number of halogens is 4. The highest BCUT2D eigenvalue weighted by molar-refractivity contribution is 14.1. The standard InChI is InChI=1S/C5H4F3IN2/c6-5(7,8)2-11-1-4(9)10-3-11/h1,3H,2H2. The molecule has 0 amide bonds. The van der Waals surface area contributed by atoms with E-state index >= 15 is 0 Å². The van der Waals surface area contributed by atoms with E-state index in [1.807, 2.05) is 22.6 Å². The molecule has 0 unspecified atom stereocenters. The molecular formula is C5H4F3IN2. The van der Waals surface area contributed by atoms with Crippen molar-refractivity contribution in [2.75, 3.05) is 0 Å². The SMILES string of the molecule is FC(F)(F)Cn1cnc(I)c1. The molecule has 0 bridgehead atoms. The Kier molecular flexibility index (Phi) is 2.40. The molecule has 0 aliphatic heterocycles. The first-order valence-electron chi connectivity index (χ1n) is 2.71. The molecule has 6 heteroatoms. The first kappa shape index (κ1) is 8.82. The Balaban J connectivity index is 2.65. The van der Waals surface area contributed by atoms with Crippen molar-refractivity contribution in [3.63, 3.8) is 0 Å². The van der Waals surface area contributed by atoms with E-state index in [0.717, 1.165) is 10.9 Å². The fourth-order valence-corrected chi connectivity index (χ4v) is 1.11. The van der Waals surface area contributed by atoms with Crippen LogP contribution in [0.1, 0.15) is 0 Å². The van der Waals surface area contributed by atoms with E-state index in [9.17, 15) is 13.2 Å². The highest BCUT2D eigenvalue weighted by atomic mass is 127. The Labute approximate surface area is 74.6 Å². The Morgan fingerprint density at radius 2 is 2.18 bits per heavy atom. The van der Waals surface area contributed by atoms with Gasteiger partial charge in [-0.1, -0.05) is 0 Å². The van der Waals surface area contributed by atoms with Crippen LogP contribution < -0.4 is 0 Å². The maximum Gasteiger partial charge on any atom is 0.406 e. The molecule has 0 radical (unpaired) electrons. The summed E-state index contributed by atoms with van der Waals surface area (Å²) in [6.45, 7) is -0.969. The van der Waals surface area contributed by atoms with Crippen molar-refractivity contribution in [2.45, 2.75) is 12.7 Å². The maximum absolute atomic E-state index is 11.7. The molecule has 0 atom stereocenters. The average Bonchev–Trinajstić information content (AvgIpc) is 2.10. The molecule has 1 rings (SSSR count). The summed E-state index contributed by atoms with van der Waals surface area (Å²) in [4.78, 5) is 3.65. The van der Waals surface area contributed by atoms with E-state index in [2.05, 4.69) is 4.98 Å². The van der Waals surface area contributed by atoms with Crippen molar-refractivity contribution in [3.8, 4) is 0 Å². The number of hydrogen-bond acceptors (Lipinski definition) is 1. The number of alkyl halides is 3. The maximum atomic E-state index is 11.7. The summed E-state index contributed by atoms with van der Waals surface area (Å²) in [5.41, 5.74) is 0. The Morgan fingerprint density at radius 3 is 2.55 bits per heavy atom. The van der Waals surface area contributed by atoms with Gasteiger partial charge in [0.15, 0.2) is 0 Å². The molecule has 11 heavy (non-hydrogen) atoms. The summed E-state index contributed by atoms with van der Waals surface area (Å²) in [5.74, 6) is 0. The van der Waals surface area contributed by atoms with E-state index in [-0.39, 0.29) is 0 Å². The van der Waals surface area contributed by atoms with Gasteiger partial charge in [0, 0.05) is 6.20 Å². The minimum atomic E-state index is -4.16. The second-order valence-electron chi connectivity index (χ2n) is 1.98. The number of nitrogens with zero attached hydrogens (tertiary/aromatic N) is 2. The molecule has 0 saturated carbocycles. The molecule has 0 N–H and O–H groups in total. The van der Waals surface area contributed by atoms with Crippen molar-refractivity contribution in [1.29, 1.82) is 0 Å². The summed E-state index contributed by atoms with van der Waals surface area (Å²) in [5, 5.41) is 0. The zero-order chi connectivity index (χ0) is 8.48. The lowest BCUT2D eigenvalue weighted by Gasteiger charge is -2.05. The van der Waals surface area contributed by atoms with Gasteiger partial charge >= 0.3 is 6.18 Å².